The summed E-state index contributed by atoms with van der Waals surface area (Å²) < 4.78 is 50.2. The molecule has 0 aliphatic carbocycles. The normalized spacial score (nSPS) is 15.6. The molecule has 1 nitrogen and oxygen atoms in total. The van der Waals surface area contributed by atoms with Crippen LogP contribution in [0.1, 0.15) is 11.1 Å². The number of alkyl halides is 3. The molecule has 0 aliphatic heterocycles. The summed E-state index contributed by atoms with van der Waals surface area (Å²) in [6.07, 6.45) is -3.34. The molecule has 2 N–H and O–H groups in total. The van der Waals surface area contributed by atoms with Crippen molar-refractivity contribution in [3.8, 4) is 0 Å². The topological polar surface area (TPSA) is 26.0 Å². The second-order valence-electron chi connectivity index (χ2n) is 3.03. The van der Waals surface area contributed by atoms with Gasteiger partial charge >= 0.3 is 0 Å². The summed E-state index contributed by atoms with van der Waals surface area (Å²) in [5.74, 6) is -3.81. The standard InChI is InChI=1S/C9H9F4N/c1-5-4-6(2-3-7(5)10)9(13,14)8(11)12/h2-4,8H,14H2,1H3. The van der Waals surface area contributed by atoms with E-state index in [-0.39, 0.29) is 5.56 Å². The molecular weight excluding hydrogens is 198 g/mol. The van der Waals surface area contributed by atoms with Gasteiger partial charge in [-0.25, -0.2) is 17.6 Å². The van der Waals surface area contributed by atoms with Gasteiger partial charge in [0.2, 0.25) is 5.79 Å². The summed E-state index contributed by atoms with van der Waals surface area (Å²) in [5, 5.41) is 0. The molecule has 1 rings (SSSR count). The molecule has 14 heavy (non-hydrogen) atoms. The Labute approximate surface area is 78.5 Å². The maximum atomic E-state index is 13.2. The first kappa shape index (κ1) is 11.0. The molecule has 0 bridgehead atoms. The minimum Gasteiger partial charge on any atom is -0.290 e. The van der Waals surface area contributed by atoms with Crippen molar-refractivity contribution in [1.29, 1.82) is 0 Å². The molecule has 0 aliphatic rings. The van der Waals surface area contributed by atoms with Crippen LogP contribution in [-0.4, -0.2) is 6.43 Å². The summed E-state index contributed by atoms with van der Waals surface area (Å²) in [6.45, 7) is 1.35. The van der Waals surface area contributed by atoms with Gasteiger partial charge in [0.25, 0.3) is 6.43 Å². The molecule has 0 heterocycles. The third kappa shape index (κ3) is 1.87. The van der Waals surface area contributed by atoms with Gasteiger partial charge in [-0.15, -0.1) is 0 Å². The smallest absolute Gasteiger partial charge is 0.289 e. The van der Waals surface area contributed by atoms with Crippen molar-refractivity contribution in [3.63, 3.8) is 0 Å². The van der Waals surface area contributed by atoms with Gasteiger partial charge in [0.05, 0.1) is 0 Å². The van der Waals surface area contributed by atoms with Crippen LogP contribution in [0.4, 0.5) is 17.6 Å². The fourth-order valence-electron chi connectivity index (χ4n) is 1.01. The number of hydrogen-bond acceptors (Lipinski definition) is 1. The van der Waals surface area contributed by atoms with Crippen molar-refractivity contribution >= 4 is 0 Å². The third-order valence-corrected chi connectivity index (χ3v) is 1.92. The molecule has 1 aromatic rings. The van der Waals surface area contributed by atoms with Crippen molar-refractivity contribution in [3.05, 3.63) is 35.1 Å². The SMILES string of the molecule is Cc1cc(C(N)(F)C(F)F)ccc1F. The van der Waals surface area contributed by atoms with Gasteiger partial charge in [0.1, 0.15) is 5.82 Å². The summed E-state index contributed by atoms with van der Waals surface area (Å²) in [4.78, 5) is 0. The lowest BCUT2D eigenvalue weighted by Gasteiger charge is -2.19. The molecule has 0 spiro atoms. The summed E-state index contributed by atoms with van der Waals surface area (Å²) in [6, 6.07) is 2.80. The van der Waals surface area contributed by atoms with Gasteiger partial charge in [-0.3, -0.25) is 5.73 Å². The number of hydrogen-bond donors (Lipinski definition) is 1. The number of aryl methyl sites for hydroxylation is 1. The van der Waals surface area contributed by atoms with Crippen LogP contribution in [0.25, 0.3) is 0 Å². The van der Waals surface area contributed by atoms with E-state index in [1.807, 2.05) is 0 Å². The van der Waals surface area contributed by atoms with E-state index in [1.54, 1.807) is 0 Å². The maximum Gasteiger partial charge on any atom is 0.289 e. The average Bonchev–Trinajstić information content (AvgIpc) is 2.09. The van der Waals surface area contributed by atoms with E-state index in [2.05, 4.69) is 0 Å². The van der Waals surface area contributed by atoms with Gasteiger partial charge in [0, 0.05) is 5.56 Å². The van der Waals surface area contributed by atoms with Crippen molar-refractivity contribution < 1.29 is 17.6 Å². The average molecular weight is 207 g/mol. The largest absolute Gasteiger partial charge is 0.290 e. The minimum atomic E-state index is -3.34. The number of halogens is 4. The van der Waals surface area contributed by atoms with Crippen LogP contribution in [0.5, 0.6) is 0 Å². The molecule has 0 saturated carbocycles. The zero-order chi connectivity index (χ0) is 10.9. The van der Waals surface area contributed by atoms with E-state index in [9.17, 15) is 17.6 Å². The van der Waals surface area contributed by atoms with Crippen LogP contribution in [0, 0.1) is 12.7 Å². The Kier molecular flexibility index (Phi) is 2.80. The van der Waals surface area contributed by atoms with Crippen molar-refractivity contribution in [2.45, 2.75) is 19.1 Å². The highest BCUT2D eigenvalue weighted by Crippen LogP contribution is 2.28. The number of rotatable bonds is 2. The van der Waals surface area contributed by atoms with Crippen LogP contribution in [0.2, 0.25) is 0 Å². The second-order valence-corrected chi connectivity index (χ2v) is 3.03. The molecule has 0 saturated heterocycles. The Morgan fingerprint density at radius 2 is 1.93 bits per heavy atom. The van der Waals surface area contributed by atoms with Gasteiger partial charge < -0.3 is 0 Å². The molecule has 5 heteroatoms. The Bertz CT molecular complexity index is 336. The Balaban J connectivity index is 3.14. The first-order valence-electron chi connectivity index (χ1n) is 3.88. The van der Waals surface area contributed by atoms with E-state index >= 15 is 0 Å². The molecule has 1 unspecified atom stereocenters. The highest BCUT2D eigenvalue weighted by Gasteiger charge is 2.38. The Morgan fingerprint density at radius 1 is 1.36 bits per heavy atom. The fourth-order valence-corrected chi connectivity index (χ4v) is 1.01. The predicted octanol–water partition coefficient (Wildman–Crippen LogP) is 2.48. The van der Waals surface area contributed by atoms with Crippen LogP contribution in [-0.2, 0) is 5.79 Å². The van der Waals surface area contributed by atoms with Crippen molar-refractivity contribution in [2.24, 2.45) is 5.73 Å². The minimum absolute atomic E-state index is 0.0793. The van der Waals surface area contributed by atoms with E-state index < -0.39 is 23.6 Å². The molecule has 0 radical (unpaired) electrons. The fraction of sp³-hybridized carbons (Fsp3) is 0.333. The number of nitrogens with two attached hydrogens (primary N) is 1. The zero-order valence-electron chi connectivity index (χ0n) is 7.40. The molecular formula is C9H9F4N. The van der Waals surface area contributed by atoms with E-state index in [1.165, 1.54) is 6.92 Å². The van der Waals surface area contributed by atoms with Crippen LogP contribution in [0.15, 0.2) is 18.2 Å². The monoisotopic (exact) mass is 207 g/mol. The molecule has 78 valence electrons. The van der Waals surface area contributed by atoms with Gasteiger partial charge in [-0.2, -0.15) is 0 Å². The van der Waals surface area contributed by atoms with Gasteiger partial charge in [0.15, 0.2) is 0 Å². The second kappa shape index (κ2) is 3.57. The molecule has 1 atom stereocenters. The molecule has 0 fully saturated rings. The van der Waals surface area contributed by atoms with Crippen LogP contribution in [0.3, 0.4) is 0 Å². The van der Waals surface area contributed by atoms with Crippen LogP contribution < -0.4 is 5.73 Å². The van der Waals surface area contributed by atoms with Crippen LogP contribution >= 0.6 is 0 Å². The first-order chi connectivity index (χ1) is 6.35. The van der Waals surface area contributed by atoms with E-state index in [0.29, 0.717) is 0 Å². The lowest BCUT2D eigenvalue weighted by molar-refractivity contribution is -0.0349. The van der Waals surface area contributed by atoms with Gasteiger partial charge in [-0.1, -0.05) is 6.07 Å². The summed E-state index contributed by atoms with van der Waals surface area (Å²) in [7, 11) is 0. The van der Waals surface area contributed by atoms with Crippen molar-refractivity contribution in [2.75, 3.05) is 0 Å². The highest BCUT2D eigenvalue weighted by molar-refractivity contribution is 5.28. The highest BCUT2D eigenvalue weighted by atomic mass is 19.3. The van der Waals surface area contributed by atoms with Crippen molar-refractivity contribution in [1.82, 2.24) is 0 Å². The van der Waals surface area contributed by atoms with E-state index in [0.717, 1.165) is 18.2 Å². The molecule has 0 amide bonds. The number of benzene rings is 1. The van der Waals surface area contributed by atoms with E-state index in [4.69, 9.17) is 5.73 Å². The Hall–Kier alpha value is -1.10. The Morgan fingerprint density at radius 3 is 2.36 bits per heavy atom. The third-order valence-electron chi connectivity index (χ3n) is 1.92. The quantitative estimate of drug-likeness (QED) is 0.585. The lowest BCUT2D eigenvalue weighted by atomic mass is 10.0. The van der Waals surface area contributed by atoms with Gasteiger partial charge in [-0.05, 0) is 24.6 Å². The molecule has 0 aromatic heterocycles. The molecule has 1 aromatic carbocycles. The summed E-state index contributed by atoms with van der Waals surface area (Å²) in [5.41, 5.74) is 4.42. The summed E-state index contributed by atoms with van der Waals surface area (Å²) >= 11 is 0. The zero-order valence-corrected chi connectivity index (χ0v) is 7.40. The predicted molar refractivity (Wildman–Crippen MR) is 44.1 cm³/mol. The first-order valence-corrected chi connectivity index (χ1v) is 3.88. The maximum absolute atomic E-state index is 13.2. The lowest BCUT2D eigenvalue weighted by Crippen LogP contribution is -2.39.